The lowest BCUT2D eigenvalue weighted by atomic mass is 10.2. The first kappa shape index (κ1) is 14.1. The third-order valence-electron chi connectivity index (χ3n) is 2.63. The Kier molecular flexibility index (Phi) is 4.64. The molecule has 1 aromatic carbocycles. The number of hydrogen-bond acceptors (Lipinski definition) is 3. The Morgan fingerprint density at radius 1 is 1.21 bits per heavy atom. The van der Waals surface area contributed by atoms with Crippen LogP contribution in [0, 0.1) is 6.92 Å². The van der Waals surface area contributed by atoms with E-state index in [1.807, 2.05) is 32.2 Å². The summed E-state index contributed by atoms with van der Waals surface area (Å²) in [4.78, 5) is 4.15. The standard InChI is InChI=1S/C14H14Cl2N2O/c1-9-5-11(3-4-12(9)15)19-14-6-10(7-17-2)13(16)8-18-14/h3-6,8,17H,7H2,1-2H3. The lowest BCUT2D eigenvalue weighted by molar-refractivity contribution is 0.461. The minimum atomic E-state index is 0.511. The lowest BCUT2D eigenvalue weighted by Gasteiger charge is -2.09. The monoisotopic (exact) mass is 296 g/mol. The molecule has 0 aliphatic heterocycles. The molecule has 0 saturated heterocycles. The Labute approximate surface area is 122 Å². The summed E-state index contributed by atoms with van der Waals surface area (Å²) in [6.45, 7) is 2.59. The third kappa shape index (κ3) is 3.60. The summed E-state index contributed by atoms with van der Waals surface area (Å²) in [6, 6.07) is 7.30. The second-order valence-corrected chi connectivity index (χ2v) is 4.97. The maximum Gasteiger partial charge on any atom is 0.219 e. The van der Waals surface area contributed by atoms with Gasteiger partial charge in [0.1, 0.15) is 5.75 Å². The van der Waals surface area contributed by atoms with Gasteiger partial charge in [-0.25, -0.2) is 4.98 Å². The smallest absolute Gasteiger partial charge is 0.219 e. The summed E-state index contributed by atoms with van der Waals surface area (Å²) in [5.41, 5.74) is 1.91. The second kappa shape index (κ2) is 6.24. The number of aromatic nitrogens is 1. The van der Waals surface area contributed by atoms with Gasteiger partial charge in [-0.2, -0.15) is 0 Å². The fourth-order valence-corrected chi connectivity index (χ4v) is 1.93. The predicted octanol–water partition coefficient (Wildman–Crippen LogP) is 4.21. The molecule has 0 spiro atoms. The molecular weight excluding hydrogens is 283 g/mol. The molecule has 0 unspecified atom stereocenters. The lowest BCUT2D eigenvalue weighted by Crippen LogP contribution is -2.06. The van der Waals surface area contributed by atoms with Crippen LogP contribution in [0.3, 0.4) is 0 Å². The van der Waals surface area contributed by atoms with E-state index in [1.165, 1.54) is 0 Å². The number of nitrogens with zero attached hydrogens (tertiary/aromatic N) is 1. The zero-order chi connectivity index (χ0) is 13.8. The van der Waals surface area contributed by atoms with Gasteiger partial charge in [-0.15, -0.1) is 0 Å². The van der Waals surface area contributed by atoms with E-state index in [4.69, 9.17) is 27.9 Å². The van der Waals surface area contributed by atoms with Crippen LogP contribution in [-0.4, -0.2) is 12.0 Å². The van der Waals surface area contributed by atoms with E-state index in [9.17, 15) is 0 Å². The van der Waals surface area contributed by atoms with Crippen molar-refractivity contribution in [2.45, 2.75) is 13.5 Å². The first-order valence-electron chi connectivity index (χ1n) is 5.83. The number of rotatable bonds is 4. The quantitative estimate of drug-likeness (QED) is 0.918. The van der Waals surface area contributed by atoms with Gasteiger partial charge in [0.05, 0.1) is 5.02 Å². The van der Waals surface area contributed by atoms with Gasteiger partial charge in [0.15, 0.2) is 0 Å². The van der Waals surface area contributed by atoms with Crippen molar-refractivity contribution in [3.05, 3.63) is 51.6 Å². The predicted molar refractivity (Wildman–Crippen MR) is 78.3 cm³/mol. The second-order valence-electron chi connectivity index (χ2n) is 4.16. The summed E-state index contributed by atoms with van der Waals surface area (Å²) in [6.07, 6.45) is 1.59. The highest BCUT2D eigenvalue weighted by molar-refractivity contribution is 6.31. The normalized spacial score (nSPS) is 10.5. The summed E-state index contributed by atoms with van der Waals surface area (Å²) in [5.74, 6) is 1.21. The van der Waals surface area contributed by atoms with Crippen molar-refractivity contribution in [2.75, 3.05) is 7.05 Å². The third-order valence-corrected chi connectivity index (χ3v) is 3.39. The van der Waals surface area contributed by atoms with E-state index in [0.717, 1.165) is 11.1 Å². The van der Waals surface area contributed by atoms with Crippen LogP contribution < -0.4 is 10.1 Å². The molecular formula is C14H14Cl2N2O. The SMILES string of the molecule is CNCc1cc(Oc2ccc(Cl)c(C)c2)ncc1Cl. The highest BCUT2D eigenvalue weighted by atomic mass is 35.5. The molecule has 1 heterocycles. The van der Waals surface area contributed by atoms with Crippen molar-refractivity contribution in [1.29, 1.82) is 0 Å². The molecule has 0 aliphatic rings. The van der Waals surface area contributed by atoms with Crippen LogP contribution in [0.4, 0.5) is 0 Å². The van der Waals surface area contributed by atoms with E-state index in [-0.39, 0.29) is 0 Å². The van der Waals surface area contributed by atoms with E-state index < -0.39 is 0 Å². The van der Waals surface area contributed by atoms with Crippen molar-refractivity contribution in [2.24, 2.45) is 0 Å². The van der Waals surface area contributed by atoms with Crippen molar-refractivity contribution in [1.82, 2.24) is 10.3 Å². The fourth-order valence-electron chi connectivity index (χ4n) is 1.64. The maximum absolute atomic E-state index is 6.05. The van der Waals surface area contributed by atoms with Crippen LogP contribution in [0.5, 0.6) is 11.6 Å². The highest BCUT2D eigenvalue weighted by Crippen LogP contribution is 2.26. The van der Waals surface area contributed by atoms with Crippen molar-refractivity contribution in [3.63, 3.8) is 0 Å². The van der Waals surface area contributed by atoms with Crippen molar-refractivity contribution in [3.8, 4) is 11.6 Å². The van der Waals surface area contributed by atoms with Crippen LogP contribution in [-0.2, 0) is 6.54 Å². The molecule has 1 aromatic heterocycles. The first-order valence-corrected chi connectivity index (χ1v) is 6.59. The van der Waals surface area contributed by atoms with Gasteiger partial charge in [0.25, 0.3) is 0 Å². The van der Waals surface area contributed by atoms with Crippen LogP contribution in [0.25, 0.3) is 0 Å². The van der Waals surface area contributed by atoms with Gasteiger partial charge in [-0.3, -0.25) is 0 Å². The summed E-state index contributed by atoms with van der Waals surface area (Å²) in [7, 11) is 1.86. The molecule has 1 N–H and O–H groups in total. The largest absolute Gasteiger partial charge is 0.439 e. The molecule has 19 heavy (non-hydrogen) atoms. The van der Waals surface area contributed by atoms with Gasteiger partial charge >= 0.3 is 0 Å². The number of halogens is 2. The van der Waals surface area contributed by atoms with Crippen molar-refractivity contribution < 1.29 is 4.74 Å². The van der Waals surface area contributed by atoms with Crippen LogP contribution in [0.1, 0.15) is 11.1 Å². The molecule has 3 nitrogen and oxygen atoms in total. The van der Waals surface area contributed by atoms with Gasteiger partial charge < -0.3 is 10.1 Å². The minimum Gasteiger partial charge on any atom is -0.439 e. The number of ether oxygens (including phenoxy) is 1. The molecule has 0 fully saturated rings. The molecule has 0 amide bonds. The molecule has 5 heteroatoms. The molecule has 0 saturated carbocycles. The average molecular weight is 297 g/mol. The highest BCUT2D eigenvalue weighted by Gasteiger charge is 2.05. The Morgan fingerprint density at radius 2 is 2.00 bits per heavy atom. The molecule has 0 atom stereocenters. The Bertz CT molecular complexity index is 588. The molecule has 0 aliphatic carbocycles. The molecule has 2 aromatic rings. The van der Waals surface area contributed by atoms with Gasteiger partial charge in [0.2, 0.25) is 5.88 Å². The Balaban J connectivity index is 2.22. The first-order chi connectivity index (χ1) is 9.10. The van der Waals surface area contributed by atoms with Crippen LogP contribution in [0.2, 0.25) is 10.0 Å². The zero-order valence-corrected chi connectivity index (χ0v) is 12.2. The summed E-state index contributed by atoms with van der Waals surface area (Å²) < 4.78 is 5.70. The average Bonchev–Trinajstić information content (AvgIpc) is 2.38. The Morgan fingerprint density at radius 3 is 2.68 bits per heavy atom. The number of benzene rings is 1. The summed E-state index contributed by atoms with van der Waals surface area (Å²) >= 11 is 12.0. The maximum atomic E-state index is 6.05. The van der Waals surface area contributed by atoms with Crippen molar-refractivity contribution >= 4 is 23.2 Å². The number of hydrogen-bond donors (Lipinski definition) is 1. The van der Waals surface area contributed by atoms with Crippen LogP contribution in [0.15, 0.2) is 30.5 Å². The topological polar surface area (TPSA) is 34.1 Å². The number of aryl methyl sites for hydroxylation is 1. The fraction of sp³-hybridized carbons (Fsp3) is 0.214. The molecule has 100 valence electrons. The van der Waals surface area contributed by atoms with E-state index in [2.05, 4.69) is 10.3 Å². The summed E-state index contributed by atoms with van der Waals surface area (Å²) in [5, 5.41) is 4.38. The van der Waals surface area contributed by atoms with E-state index in [1.54, 1.807) is 12.3 Å². The van der Waals surface area contributed by atoms with E-state index >= 15 is 0 Å². The van der Waals surface area contributed by atoms with Gasteiger partial charge in [-0.1, -0.05) is 23.2 Å². The van der Waals surface area contributed by atoms with Gasteiger partial charge in [-0.05, 0) is 43.3 Å². The molecule has 0 bridgehead atoms. The minimum absolute atomic E-state index is 0.511. The number of pyridine rings is 1. The number of nitrogens with one attached hydrogen (secondary N) is 1. The molecule has 0 radical (unpaired) electrons. The molecule has 2 rings (SSSR count). The zero-order valence-electron chi connectivity index (χ0n) is 10.7. The van der Waals surface area contributed by atoms with Gasteiger partial charge in [0, 0.05) is 23.8 Å². The van der Waals surface area contributed by atoms with E-state index in [0.29, 0.717) is 28.2 Å². The van der Waals surface area contributed by atoms with Crippen LogP contribution >= 0.6 is 23.2 Å². The Hall–Kier alpha value is -1.29.